The smallest absolute Gasteiger partial charge is 0.312 e. The molecule has 0 aliphatic rings. The topological polar surface area (TPSA) is 45.8 Å². The molecule has 0 amide bonds. The van der Waals surface area contributed by atoms with Gasteiger partial charge < -0.3 is 4.98 Å². The standard InChI is InChI=1S/C5H6N2O/c1-4-2-6-5(8)7-3-4/h2-3H,1H3,(H,6,7,8)/i1D3,2D,3D. The van der Waals surface area contributed by atoms with E-state index in [1.807, 2.05) is 4.98 Å². The summed E-state index contributed by atoms with van der Waals surface area (Å²) in [6.45, 7) is -2.59. The third-order valence-corrected chi connectivity index (χ3v) is 0.564. The van der Waals surface area contributed by atoms with E-state index in [0.717, 1.165) is 0 Å². The second-order valence-corrected chi connectivity index (χ2v) is 1.15. The normalized spacial score (nSPS) is 19.8. The summed E-state index contributed by atoms with van der Waals surface area (Å²) in [6, 6.07) is 0. The van der Waals surface area contributed by atoms with E-state index in [4.69, 9.17) is 6.85 Å². The number of aromatic nitrogens is 2. The number of aromatic amines is 1. The first kappa shape index (κ1) is 1.69. The summed E-state index contributed by atoms with van der Waals surface area (Å²) in [7, 11) is 0. The lowest BCUT2D eigenvalue weighted by atomic mass is 10.4. The van der Waals surface area contributed by atoms with Crippen LogP contribution >= 0.6 is 0 Å². The molecule has 0 aromatic carbocycles. The van der Waals surface area contributed by atoms with Gasteiger partial charge in [-0.2, -0.15) is 0 Å². The maximum atomic E-state index is 10.6. The summed E-state index contributed by atoms with van der Waals surface area (Å²) >= 11 is 0. The fourth-order valence-corrected chi connectivity index (χ4v) is 0.279. The lowest BCUT2D eigenvalue weighted by Crippen LogP contribution is -2.07. The Morgan fingerprint density at radius 1 is 2.12 bits per heavy atom. The van der Waals surface area contributed by atoms with Crippen LogP contribution in [0.2, 0.25) is 0 Å². The summed E-state index contributed by atoms with van der Waals surface area (Å²) in [5.74, 6) is 0. The molecular weight excluding hydrogens is 104 g/mol. The van der Waals surface area contributed by atoms with Crippen LogP contribution in [-0.4, -0.2) is 9.97 Å². The van der Waals surface area contributed by atoms with E-state index in [1.165, 1.54) is 0 Å². The highest BCUT2D eigenvalue weighted by Gasteiger charge is 1.80. The first-order valence-corrected chi connectivity index (χ1v) is 1.90. The molecule has 1 heterocycles. The Hall–Kier alpha value is -1.12. The molecule has 0 atom stereocenters. The maximum Gasteiger partial charge on any atom is 0.344 e. The van der Waals surface area contributed by atoms with Gasteiger partial charge in [-0.3, -0.25) is 0 Å². The van der Waals surface area contributed by atoms with E-state index in [0.29, 0.717) is 0 Å². The predicted molar refractivity (Wildman–Crippen MR) is 29.6 cm³/mol. The van der Waals surface area contributed by atoms with E-state index in [2.05, 4.69) is 4.98 Å². The minimum Gasteiger partial charge on any atom is -0.312 e. The van der Waals surface area contributed by atoms with Gasteiger partial charge in [0.25, 0.3) is 0 Å². The molecule has 8 heavy (non-hydrogen) atoms. The largest absolute Gasteiger partial charge is 0.344 e. The van der Waals surface area contributed by atoms with Crippen LogP contribution < -0.4 is 5.69 Å². The molecule has 0 saturated carbocycles. The van der Waals surface area contributed by atoms with Gasteiger partial charge in [0, 0.05) is 16.5 Å². The van der Waals surface area contributed by atoms with Crippen molar-refractivity contribution in [3.8, 4) is 0 Å². The van der Waals surface area contributed by atoms with Gasteiger partial charge in [0.05, 0.1) is 2.74 Å². The van der Waals surface area contributed by atoms with Crippen LogP contribution in [0.15, 0.2) is 17.1 Å². The van der Waals surface area contributed by atoms with Crippen LogP contribution in [0, 0.1) is 6.85 Å². The molecule has 0 spiro atoms. The van der Waals surface area contributed by atoms with Crippen LogP contribution in [0.1, 0.15) is 12.4 Å². The fourth-order valence-electron chi connectivity index (χ4n) is 0.279. The first-order chi connectivity index (χ1) is 5.82. The van der Waals surface area contributed by atoms with Crippen molar-refractivity contribution in [1.82, 2.24) is 9.97 Å². The predicted octanol–water partition coefficient (Wildman–Crippen LogP) is 0.0783. The van der Waals surface area contributed by atoms with Gasteiger partial charge in [0.2, 0.25) is 0 Å². The third-order valence-electron chi connectivity index (χ3n) is 0.564. The number of nitrogens with zero attached hydrogens (tertiary/aromatic N) is 1. The van der Waals surface area contributed by atoms with Gasteiger partial charge in [0.15, 0.2) is 0 Å². The molecule has 0 bridgehead atoms. The highest BCUT2D eigenvalue weighted by molar-refractivity contribution is 4.97. The average molecular weight is 115 g/mol. The molecule has 0 saturated heterocycles. The lowest BCUT2D eigenvalue weighted by molar-refractivity contribution is 1.05. The minimum absolute atomic E-state index is 0.535. The molecule has 3 nitrogen and oxygen atoms in total. The van der Waals surface area contributed by atoms with Gasteiger partial charge in [0.1, 0.15) is 0 Å². The zero-order chi connectivity index (χ0) is 10.2. The van der Waals surface area contributed by atoms with Crippen molar-refractivity contribution in [2.45, 2.75) is 6.85 Å². The van der Waals surface area contributed by atoms with E-state index in [1.54, 1.807) is 0 Å². The second kappa shape index (κ2) is 1.78. The highest BCUT2D eigenvalue weighted by atomic mass is 16.1. The molecule has 0 radical (unpaired) electrons. The van der Waals surface area contributed by atoms with Crippen molar-refractivity contribution < 1.29 is 6.85 Å². The van der Waals surface area contributed by atoms with Crippen molar-refractivity contribution in [3.05, 3.63) is 28.4 Å². The molecule has 3 heteroatoms. The second-order valence-electron chi connectivity index (χ2n) is 1.15. The molecule has 0 unspecified atom stereocenters. The molecule has 1 aromatic heterocycles. The number of hydrogen-bond donors (Lipinski definition) is 1. The summed E-state index contributed by atoms with van der Waals surface area (Å²) < 4.78 is 35.1. The zero-order valence-electron chi connectivity index (χ0n) is 8.86. The number of hydrogen-bond acceptors (Lipinski definition) is 2. The van der Waals surface area contributed by atoms with Gasteiger partial charge in [-0.15, -0.1) is 0 Å². The van der Waals surface area contributed by atoms with E-state index in [9.17, 15) is 4.79 Å². The fraction of sp³-hybridized carbons (Fsp3) is 0.200. The average Bonchev–Trinajstić information content (AvgIpc) is 1.78. The summed E-state index contributed by atoms with van der Waals surface area (Å²) in [6.07, 6.45) is -1.25. The number of nitrogens with one attached hydrogen (secondary N) is 1. The first-order valence-electron chi connectivity index (χ1n) is 4.40. The lowest BCUT2D eigenvalue weighted by Gasteiger charge is -1.83. The Labute approximate surface area is 53.4 Å². The van der Waals surface area contributed by atoms with Gasteiger partial charge in [-0.25, -0.2) is 9.78 Å². The minimum atomic E-state index is -2.59. The van der Waals surface area contributed by atoms with Gasteiger partial charge >= 0.3 is 5.69 Å². The zero-order valence-corrected chi connectivity index (χ0v) is 3.86. The maximum absolute atomic E-state index is 10.6. The third kappa shape index (κ3) is 0.932. The van der Waals surface area contributed by atoms with Crippen molar-refractivity contribution in [1.29, 1.82) is 0 Å². The molecule has 0 fully saturated rings. The van der Waals surface area contributed by atoms with Crippen LogP contribution in [0.4, 0.5) is 0 Å². The van der Waals surface area contributed by atoms with Gasteiger partial charge in [-0.1, -0.05) is 0 Å². The van der Waals surface area contributed by atoms with E-state index < -0.39 is 30.5 Å². The summed E-state index contributed by atoms with van der Waals surface area (Å²) in [4.78, 5) is 15.6. The monoisotopic (exact) mass is 115 g/mol. The number of rotatable bonds is 0. The van der Waals surface area contributed by atoms with E-state index >= 15 is 0 Å². The van der Waals surface area contributed by atoms with Crippen molar-refractivity contribution in [2.24, 2.45) is 0 Å². The molecular formula is C5H6N2O. The molecule has 0 aliphatic heterocycles. The van der Waals surface area contributed by atoms with Crippen molar-refractivity contribution in [3.63, 3.8) is 0 Å². The molecule has 1 N–H and O–H groups in total. The molecule has 42 valence electrons. The van der Waals surface area contributed by atoms with Crippen molar-refractivity contribution in [2.75, 3.05) is 0 Å². The Morgan fingerprint density at radius 2 is 3.00 bits per heavy atom. The van der Waals surface area contributed by atoms with Crippen LogP contribution in [-0.2, 0) is 0 Å². The Balaban J connectivity index is 3.47. The van der Waals surface area contributed by atoms with Crippen molar-refractivity contribution >= 4 is 0 Å². The Morgan fingerprint density at radius 3 is 3.62 bits per heavy atom. The highest BCUT2D eigenvalue weighted by Crippen LogP contribution is 1.81. The Kier molecular flexibility index (Phi) is 0.374. The Bertz CT molecular complexity index is 355. The summed E-state index contributed by atoms with van der Waals surface area (Å²) in [5.41, 5.74) is -1.42. The molecule has 1 rings (SSSR count). The van der Waals surface area contributed by atoms with Crippen LogP contribution in [0.5, 0.6) is 0 Å². The quantitative estimate of drug-likeness (QED) is 0.520. The number of H-pyrrole nitrogens is 1. The summed E-state index contributed by atoms with van der Waals surface area (Å²) in [5, 5.41) is 0. The van der Waals surface area contributed by atoms with Crippen LogP contribution in [0.3, 0.4) is 0 Å². The molecule has 1 aromatic rings. The van der Waals surface area contributed by atoms with E-state index in [-0.39, 0.29) is 0 Å². The van der Waals surface area contributed by atoms with Gasteiger partial charge in [-0.05, 0) is 12.4 Å². The SMILES string of the molecule is [2H]c1nc(=O)[nH]c([2H])c1C([2H])([2H])[2H]. The van der Waals surface area contributed by atoms with Crippen LogP contribution in [0.25, 0.3) is 0 Å². The molecule has 0 aliphatic carbocycles.